The molecule has 0 fully saturated rings. The Morgan fingerprint density at radius 1 is 0.556 bits per heavy atom. The molecule has 0 spiro atoms. The Labute approximate surface area is 223 Å². The number of aliphatic carboxylic acids is 1. The van der Waals surface area contributed by atoms with Gasteiger partial charge in [0.15, 0.2) is 0 Å². The lowest BCUT2D eigenvalue weighted by Crippen LogP contribution is -1.99. The fraction of sp³-hybridized carbons (Fsp3) is 0.688. The summed E-state index contributed by atoms with van der Waals surface area (Å²) in [6, 6.07) is 0. The van der Waals surface area contributed by atoms with Crippen molar-refractivity contribution in [3.63, 3.8) is 0 Å². The summed E-state index contributed by atoms with van der Waals surface area (Å²) < 4.78 is 4.85. The number of hydrogen-bond donors (Lipinski definition) is 1. The van der Waals surface area contributed by atoms with Crippen LogP contribution in [-0.2, 0) is 14.3 Å². The van der Waals surface area contributed by atoms with Crippen molar-refractivity contribution in [1.82, 2.24) is 0 Å². The fourth-order valence-electron chi connectivity index (χ4n) is 3.28. The molecule has 0 aliphatic carbocycles. The Balaban J connectivity index is 0. The van der Waals surface area contributed by atoms with E-state index in [9.17, 15) is 9.59 Å². The molecule has 36 heavy (non-hydrogen) atoms. The molecule has 0 atom stereocenters. The average molecular weight is 505 g/mol. The molecule has 0 aliphatic heterocycles. The van der Waals surface area contributed by atoms with Crippen LogP contribution in [0.15, 0.2) is 48.6 Å². The number of allylic oxidation sites excluding steroid dienone is 8. The second-order valence-electron chi connectivity index (χ2n) is 9.15. The van der Waals surface area contributed by atoms with Crippen LogP contribution in [0, 0.1) is 0 Å². The Kier molecular flexibility index (Phi) is 33.0. The second-order valence-corrected chi connectivity index (χ2v) is 9.15. The molecule has 4 nitrogen and oxygen atoms in total. The molecule has 0 rings (SSSR count). The summed E-state index contributed by atoms with van der Waals surface area (Å²) in [7, 11) is 0. The normalized spacial score (nSPS) is 11.5. The van der Waals surface area contributed by atoms with Crippen LogP contribution in [0.2, 0.25) is 0 Å². The van der Waals surface area contributed by atoms with E-state index in [0.29, 0.717) is 13.0 Å². The van der Waals surface area contributed by atoms with Crippen molar-refractivity contribution < 1.29 is 19.4 Å². The van der Waals surface area contributed by atoms with Gasteiger partial charge in [-0.3, -0.25) is 9.59 Å². The van der Waals surface area contributed by atoms with Crippen molar-refractivity contribution >= 4 is 11.9 Å². The molecule has 0 heterocycles. The lowest BCUT2D eigenvalue weighted by atomic mass is 10.1. The first-order valence-electron chi connectivity index (χ1n) is 14.5. The van der Waals surface area contributed by atoms with E-state index in [0.717, 1.165) is 44.9 Å². The fourth-order valence-corrected chi connectivity index (χ4v) is 3.28. The summed E-state index contributed by atoms with van der Waals surface area (Å²) in [5, 5.41) is 8.47. The number of carboxylic acids is 1. The van der Waals surface area contributed by atoms with Crippen LogP contribution in [0.1, 0.15) is 136 Å². The minimum Gasteiger partial charge on any atom is -0.481 e. The number of carboxylic acid groups (broad SMARTS) is 1. The van der Waals surface area contributed by atoms with Gasteiger partial charge in [-0.2, -0.15) is 0 Å². The molecule has 0 bridgehead atoms. The third kappa shape index (κ3) is 39.1. The molecule has 1 N–H and O–H groups in total. The van der Waals surface area contributed by atoms with Gasteiger partial charge in [-0.15, -0.1) is 0 Å². The third-order valence-corrected chi connectivity index (χ3v) is 5.39. The first-order valence-corrected chi connectivity index (χ1v) is 14.5. The monoisotopic (exact) mass is 504 g/mol. The lowest BCUT2D eigenvalue weighted by molar-refractivity contribution is -0.141. The smallest absolute Gasteiger partial charge is 0.303 e. The van der Waals surface area contributed by atoms with Crippen LogP contribution in [0.3, 0.4) is 0 Å². The number of carbonyl (C=O) groups excluding carboxylic acids is 1. The predicted molar refractivity (Wildman–Crippen MR) is 155 cm³/mol. The quantitative estimate of drug-likeness (QED) is 0.0854. The number of rotatable bonds is 23. The Hall–Kier alpha value is -2.10. The molecule has 0 amide bonds. The van der Waals surface area contributed by atoms with E-state index < -0.39 is 5.97 Å². The summed E-state index contributed by atoms with van der Waals surface area (Å²) in [6.45, 7) is 6.40. The molecule has 4 heteroatoms. The molecule has 0 aromatic heterocycles. The maximum atomic E-state index is 10.5. The summed E-state index contributed by atoms with van der Waals surface area (Å²) in [4.78, 5) is 20.8. The van der Waals surface area contributed by atoms with Gasteiger partial charge in [0.25, 0.3) is 0 Å². The lowest BCUT2D eigenvalue weighted by Gasteiger charge is -1.98. The number of ether oxygens (including phenoxy) is 1. The highest BCUT2D eigenvalue weighted by Gasteiger charge is 1.94. The highest BCUT2D eigenvalue weighted by Crippen LogP contribution is 2.06. The minimum atomic E-state index is -0.685. The maximum Gasteiger partial charge on any atom is 0.303 e. The molecule has 0 radical (unpaired) electrons. The van der Waals surface area contributed by atoms with Crippen molar-refractivity contribution in [1.29, 1.82) is 0 Å². The van der Waals surface area contributed by atoms with Crippen molar-refractivity contribution in [3.05, 3.63) is 48.6 Å². The van der Waals surface area contributed by atoms with Crippen LogP contribution in [0.25, 0.3) is 0 Å². The van der Waals surface area contributed by atoms with Crippen LogP contribution < -0.4 is 0 Å². The van der Waals surface area contributed by atoms with Crippen molar-refractivity contribution in [2.24, 2.45) is 0 Å². The molecule has 0 unspecified atom stereocenters. The standard InChI is InChI=1S/2C16H28O2/c1-3-4-5-6-7-8-9-10-11-12-13-14-15-18-16(2)17;1-2-3-4-5-6-7-8-9-10-11-12-13-14-15-16(17)18/h5-6,11-12H,3-4,7-10,13-15H2,1-2H3;4-5,10-11H,2-3,6-9,12-15H2,1H3,(H,17,18)/b;5-4-,11-10+. The zero-order chi connectivity index (χ0) is 27.0. The Bertz CT molecular complexity index is 535. The van der Waals surface area contributed by atoms with Crippen LogP contribution >= 0.6 is 0 Å². The van der Waals surface area contributed by atoms with E-state index in [2.05, 4.69) is 62.5 Å². The van der Waals surface area contributed by atoms with E-state index in [1.807, 2.05) is 0 Å². The van der Waals surface area contributed by atoms with E-state index in [-0.39, 0.29) is 5.97 Å². The molecular formula is C32H56O4. The van der Waals surface area contributed by atoms with E-state index in [1.54, 1.807) is 0 Å². The minimum absolute atomic E-state index is 0.185. The van der Waals surface area contributed by atoms with Crippen molar-refractivity contribution in [3.8, 4) is 0 Å². The number of carbonyl (C=O) groups is 2. The first kappa shape index (κ1) is 36.1. The second kappa shape index (κ2) is 32.9. The van der Waals surface area contributed by atoms with Crippen LogP contribution in [0.5, 0.6) is 0 Å². The van der Waals surface area contributed by atoms with Gasteiger partial charge in [0.2, 0.25) is 0 Å². The molecular weight excluding hydrogens is 448 g/mol. The molecule has 208 valence electrons. The van der Waals surface area contributed by atoms with Crippen molar-refractivity contribution in [2.75, 3.05) is 6.61 Å². The zero-order valence-electron chi connectivity index (χ0n) is 23.7. The van der Waals surface area contributed by atoms with Crippen molar-refractivity contribution in [2.45, 2.75) is 136 Å². The van der Waals surface area contributed by atoms with E-state index in [4.69, 9.17) is 9.84 Å². The summed E-state index contributed by atoms with van der Waals surface area (Å²) in [5.74, 6) is -0.870. The first-order chi connectivity index (χ1) is 17.5. The largest absolute Gasteiger partial charge is 0.481 e. The number of unbranched alkanes of at least 4 members (excludes halogenated alkanes) is 11. The summed E-state index contributed by atoms with van der Waals surface area (Å²) in [5.41, 5.74) is 0. The molecule has 0 saturated carbocycles. The van der Waals surface area contributed by atoms with Gasteiger partial charge in [0, 0.05) is 13.3 Å². The summed E-state index contributed by atoms with van der Waals surface area (Å²) in [6.07, 6.45) is 37.7. The van der Waals surface area contributed by atoms with Gasteiger partial charge < -0.3 is 9.84 Å². The van der Waals surface area contributed by atoms with E-state index in [1.165, 1.54) is 71.1 Å². The Morgan fingerprint density at radius 3 is 1.22 bits per heavy atom. The van der Waals surface area contributed by atoms with Gasteiger partial charge in [-0.05, 0) is 96.3 Å². The van der Waals surface area contributed by atoms with Crippen LogP contribution in [-0.4, -0.2) is 23.7 Å². The van der Waals surface area contributed by atoms with Gasteiger partial charge in [0.05, 0.1) is 6.61 Å². The predicted octanol–water partition coefficient (Wildman–Crippen LogP) is 9.91. The number of esters is 1. The van der Waals surface area contributed by atoms with E-state index >= 15 is 0 Å². The third-order valence-electron chi connectivity index (χ3n) is 5.39. The highest BCUT2D eigenvalue weighted by molar-refractivity contribution is 5.66. The zero-order valence-corrected chi connectivity index (χ0v) is 23.7. The maximum absolute atomic E-state index is 10.5. The molecule has 0 aromatic carbocycles. The Morgan fingerprint density at radius 2 is 0.889 bits per heavy atom. The van der Waals surface area contributed by atoms with Crippen LogP contribution in [0.4, 0.5) is 0 Å². The highest BCUT2D eigenvalue weighted by atomic mass is 16.5. The SMILES string of the molecule is CCC/C=C\CCCC/C=C/CCCCC(=O)O.CCCC=CCCCCC=CCCCOC(C)=O. The van der Waals surface area contributed by atoms with Gasteiger partial charge in [-0.25, -0.2) is 0 Å². The molecule has 0 aliphatic rings. The van der Waals surface area contributed by atoms with Gasteiger partial charge in [-0.1, -0.05) is 75.3 Å². The molecule has 0 saturated heterocycles. The topological polar surface area (TPSA) is 63.6 Å². The molecule has 0 aromatic rings. The van der Waals surface area contributed by atoms with Gasteiger partial charge in [0.1, 0.15) is 0 Å². The number of hydrogen-bond acceptors (Lipinski definition) is 3. The van der Waals surface area contributed by atoms with Gasteiger partial charge >= 0.3 is 11.9 Å². The average Bonchev–Trinajstić information content (AvgIpc) is 2.85. The summed E-state index contributed by atoms with van der Waals surface area (Å²) >= 11 is 0.